The number of rotatable bonds is 3. The summed E-state index contributed by atoms with van der Waals surface area (Å²) in [4.78, 5) is 18.9. The molecule has 5 nitrogen and oxygen atoms in total. The first-order chi connectivity index (χ1) is 9.72. The van der Waals surface area contributed by atoms with E-state index in [2.05, 4.69) is 22.2 Å². The molecular formula is C14H18N4OS. The third-order valence-corrected chi connectivity index (χ3v) is 4.46. The second-order valence-electron chi connectivity index (χ2n) is 5.16. The number of thiazole rings is 1. The molecule has 1 saturated heterocycles. The lowest BCUT2D eigenvalue weighted by Gasteiger charge is -2.29. The lowest BCUT2D eigenvalue weighted by molar-refractivity contribution is 0.0912. The summed E-state index contributed by atoms with van der Waals surface area (Å²) in [6, 6.07) is 4.16. The van der Waals surface area contributed by atoms with E-state index in [9.17, 15) is 4.79 Å². The molecule has 0 aliphatic carbocycles. The van der Waals surface area contributed by atoms with E-state index in [1.54, 1.807) is 0 Å². The number of likely N-dealkylation sites (tertiary alicyclic amines) is 1. The average molecular weight is 290 g/mol. The highest BCUT2D eigenvalue weighted by Crippen LogP contribution is 2.16. The van der Waals surface area contributed by atoms with Gasteiger partial charge >= 0.3 is 0 Å². The quantitative estimate of drug-likeness (QED) is 0.937. The Bertz CT molecular complexity index is 570. The number of carbonyl (C=O) groups is 1. The van der Waals surface area contributed by atoms with Crippen molar-refractivity contribution >= 4 is 17.2 Å². The van der Waals surface area contributed by atoms with E-state index in [0.717, 1.165) is 31.1 Å². The number of piperidine rings is 1. The topological polar surface area (TPSA) is 50.2 Å². The molecule has 0 radical (unpaired) electrons. The number of nitrogens with one attached hydrogen (secondary N) is 1. The van der Waals surface area contributed by atoms with Gasteiger partial charge in [0.15, 0.2) is 5.13 Å². The highest BCUT2D eigenvalue weighted by atomic mass is 32.1. The molecule has 1 aliphatic rings. The van der Waals surface area contributed by atoms with E-state index in [4.69, 9.17) is 0 Å². The number of amides is 1. The van der Waals surface area contributed by atoms with Crippen molar-refractivity contribution in [2.24, 2.45) is 0 Å². The van der Waals surface area contributed by atoms with Gasteiger partial charge in [0.25, 0.3) is 5.91 Å². The van der Waals surface area contributed by atoms with Gasteiger partial charge in [-0.15, -0.1) is 11.3 Å². The van der Waals surface area contributed by atoms with E-state index < -0.39 is 0 Å². The second kappa shape index (κ2) is 5.76. The molecule has 0 atom stereocenters. The molecule has 0 spiro atoms. The van der Waals surface area contributed by atoms with Gasteiger partial charge in [-0.05, 0) is 45.1 Å². The van der Waals surface area contributed by atoms with Gasteiger partial charge in [-0.25, -0.2) is 4.98 Å². The largest absolute Gasteiger partial charge is 0.348 e. The van der Waals surface area contributed by atoms with Crippen LogP contribution in [0.2, 0.25) is 0 Å². The molecule has 2 aromatic heterocycles. The Morgan fingerprint density at radius 2 is 2.05 bits per heavy atom. The summed E-state index contributed by atoms with van der Waals surface area (Å²) in [5.74, 6) is -0.0609. The molecule has 0 bridgehead atoms. The van der Waals surface area contributed by atoms with Crippen LogP contribution in [0.5, 0.6) is 0 Å². The van der Waals surface area contributed by atoms with Crippen molar-refractivity contribution in [2.75, 3.05) is 20.1 Å². The standard InChI is InChI=1S/C14H18N4OS/c1-17-8-4-11(5-9-17)15-13(19)12-10-20-14(16-12)18-6-2-3-7-18/h2-3,6-7,10-11H,4-5,8-9H2,1H3,(H,15,19). The molecular weight excluding hydrogens is 272 g/mol. The average Bonchev–Trinajstić information content (AvgIpc) is 3.11. The van der Waals surface area contributed by atoms with Crippen LogP contribution in [0.25, 0.3) is 5.13 Å². The third kappa shape index (κ3) is 2.91. The van der Waals surface area contributed by atoms with Gasteiger partial charge in [-0.1, -0.05) is 0 Å². The van der Waals surface area contributed by atoms with Gasteiger partial charge in [0.2, 0.25) is 0 Å². The summed E-state index contributed by atoms with van der Waals surface area (Å²) in [5, 5.41) is 5.73. The Balaban J connectivity index is 1.63. The molecule has 0 unspecified atom stereocenters. The maximum atomic E-state index is 12.2. The van der Waals surface area contributed by atoms with Crippen LogP contribution in [0.15, 0.2) is 29.9 Å². The maximum absolute atomic E-state index is 12.2. The van der Waals surface area contributed by atoms with Crippen molar-refractivity contribution in [3.05, 3.63) is 35.6 Å². The fraction of sp³-hybridized carbons (Fsp3) is 0.429. The van der Waals surface area contributed by atoms with Crippen LogP contribution in [-0.4, -0.2) is 46.5 Å². The van der Waals surface area contributed by atoms with Gasteiger partial charge in [0.05, 0.1) is 0 Å². The van der Waals surface area contributed by atoms with Gasteiger partial charge in [-0.2, -0.15) is 0 Å². The minimum atomic E-state index is -0.0609. The lowest BCUT2D eigenvalue weighted by atomic mass is 10.1. The van der Waals surface area contributed by atoms with Crippen LogP contribution >= 0.6 is 11.3 Å². The number of hydrogen-bond acceptors (Lipinski definition) is 4. The molecule has 6 heteroatoms. The number of nitrogens with zero attached hydrogens (tertiary/aromatic N) is 3. The van der Waals surface area contributed by atoms with E-state index in [0.29, 0.717) is 5.69 Å². The Morgan fingerprint density at radius 3 is 2.75 bits per heavy atom. The molecule has 3 rings (SSSR count). The van der Waals surface area contributed by atoms with Crippen molar-refractivity contribution in [2.45, 2.75) is 18.9 Å². The van der Waals surface area contributed by atoms with Crippen molar-refractivity contribution in [1.82, 2.24) is 19.8 Å². The first-order valence-corrected chi connectivity index (χ1v) is 7.68. The minimum absolute atomic E-state index is 0.0609. The van der Waals surface area contributed by atoms with E-state index in [1.165, 1.54) is 11.3 Å². The van der Waals surface area contributed by atoms with Crippen LogP contribution in [0, 0.1) is 0 Å². The first-order valence-electron chi connectivity index (χ1n) is 6.80. The number of aromatic nitrogens is 2. The molecule has 1 N–H and O–H groups in total. The summed E-state index contributed by atoms with van der Waals surface area (Å²) in [7, 11) is 2.11. The summed E-state index contributed by atoms with van der Waals surface area (Å²) >= 11 is 1.48. The highest BCUT2D eigenvalue weighted by Gasteiger charge is 2.20. The number of carbonyl (C=O) groups excluding carboxylic acids is 1. The lowest BCUT2D eigenvalue weighted by Crippen LogP contribution is -2.43. The van der Waals surface area contributed by atoms with Crippen molar-refractivity contribution < 1.29 is 4.79 Å². The summed E-state index contributed by atoms with van der Waals surface area (Å²) in [6.07, 6.45) is 5.88. The van der Waals surface area contributed by atoms with Gasteiger partial charge in [0, 0.05) is 23.8 Å². The van der Waals surface area contributed by atoms with Crippen molar-refractivity contribution in [3.63, 3.8) is 0 Å². The monoisotopic (exact) mass is 290 g/mol. The summed E-state index contributed by atoms with van der Waals surface area (Å²) in [5.41, 5.74) is 0.512. The molecule has 3 heterocycles. The normalized spacial score (nSPS) is 17.2. The molecule has 2 aromatic rings. The molecule has 106 valence electrons. The maximum Gasteiger partial charge on any atom is 0.271 e. The molecule has 1 fully saturated rings. The Hall–Kier alpha value is -1.66. The zero-order valence-electron chi connectivity index (χ0n) is 11.5. The smallest absolute Gasteiger partial charge is 0.271 e. The van der Waals surface area contributed by atoms with Crippen LogP contribution in [0.1, 0.15) is 23.3 Å². The molecule has 1 aliphatic heterocycles. The van der Waals surface area contributed by atoms with E-state index >= 15 is 0 Å². The molecule has 0 aromatic carbocycles. The Morgan fingerprint density at radius 1 is 1.35 bits per heavy atom. The zero-order valence-corrected chi connectivity index (χ0v) is 12.3. The van der Waals surface area contributed by atoms with Crippen molar-refractivity contribution in [1.29, 1.82) is 0 Å². The zero-order chi connectivity index (χ0) is 13.9. The van der Waals surface area contributed by atoms with Gasteiger partial charge in [0.1, 0.15) is 5.69 Å². The predicted molar refractivity (Wildman–Crippen MR) is 79.4 cm³/mol. The van der Waals surface area contributed by atoms with Crippen LogP contribution in [0.3, 0.4) is 0 Å². The SMILES string of the molecule is CN1CCC(NC(=O)c2csc(-n3cccc3)n2)CC1. The third-order valence-electron chi connectivity index (χ3n) is 3.60. The van der Waals surface area contributed by atoms with Crippen LogP contribution in [-0.2, 0) is 0 Å². The summed E-state index contributed by atoms with van der Waals surface area (Å²) in [6.45, 7) is 2.08. The molecule has 20 heavy (non-hydrogen) atoms. The van der Waals surface area contributed by atoms with Crippen LogP contribution < -0.4 is 5.32 Å². The first kappa shape index (κ1) is 13.3. The Labute approximate surface area is 122 Å². The number of hydrogen-bond donors (Lipinski definition) is 1. The molecule has 0 saturated carbocycles. The van der Waals surface area contributed by atoms with Crippen molar-refractivity contribution in [3.8, 4) is 5.13 Å². The molecule has 1 amide bonds. The van der Waals surface area contributed by atoms with Gasteiger partial charge < -0.3 is 14.8 Å². The van der Waals surface area contributed by atoms with E-state index in [-0.39, 0.29) is 11.9 Å². The predicted octanol–water partition coefficient (Wildman–Crippen LogP) is 1.76. The highest BCUT2D eigenvalue weighted by molar-refractivity contribution is 7.12. The van der Waals surface area contributed by atoms with E-state index in [1.807, 2.05) is 34.5 Å². The fourth-order valence-corrected chi connectivity index (χ4v) is 3.13. The minimum Gasteiger partial charge on any atom is -0.348 e. The fourth-order valence-electron chi connectivity index (χ4n) is 2.36. The summed E-state index contributed by atoms with van der Waals surface area (Å²) < 4.78 is 1.91. The second-order valence-corrected chi connectivity index (χ2v) is 5.99. The van der Waals surface area contributed by atoms with Gasteiger partial charge in [-0.3, -0.25) is 4.79 Å². The van der Waals surface area contributed by atoms with Crippen LogP contribution in [0.4, 0.5) is 0 Å². The Kier molecular flexibility index (Phi) is 3.84.